The van der Waals surface area contributed by atoms with Crippen LogP contribution < -0.4 is 4.74 Å². The fourth-order valence-electron chi connectivity index (χ4n) is 1.76. The van der Waals surface area contributed by atoms with Gasteiger partial charge in [-0.1, -0.05) is 6.07 Å². The number of carbonyl (C=O) groups is 1. The van der Waals surface area contributed by atoms with Crippen molar-refractivity contribution in [3.63, 3.8) is 0 Å². The van der Waals surface area contributed by atoms with E-state index < -0.39 is 11.8 Å². The molecule has 5 heteroatoms. The first-order chi connectivity index (χ1) is 10.1. The predicted molar refractivity (Wildman–Crippen MR) is 80.3 cm³/mol. The van der Waals surface area contributed by atoms with Crippen LogP contribution in [0.15, 0.2) is 47.4 Å². The van der Waals surface area contributed by atoms with E-state index in [9.17, 15) is 9.18 Å². The first-order valence-electron chi connectivity index (χ1n) is 6.27. The summed E-state index contributed by atoms with van der Waals surface area (Å²) in [6.07, 6.45) is 2.00. The van der Waals surface area contributed by atoms with Crippen molar-refractivity contribution in [2.45, 2.75) is 11.5 Å². The minimum absolute atomic E-state index is 0.0782. The Balaban J connectivity index is 2.03. The van der Waals surface area contributed by atoms with E-state index in [-0.39, 0.29) is 12.2 Å². The molecule has 2 rings (SSSR count). The molecule has 110 valence electrons. The number of halogens is 1. The minimum Gasteiger partial charge on any atom is -0.489 e. The highest BCUT2D eigenvalue weighted by Gasteiger charge is 2.12. The number of benzene rings is 2. The topological polar surface area (TPSA) is 35.5 Å². The van der Waals surface area contributed by atoms with Gasteiger partial charge in [0, 0.05) is 4.90 Å². The smallest absolute Gasteiger partial charge is 0.340 e. The van der Waals surface area contributed by atoms with Crippen LogP contribution in [0.25, 0.3) is 0 Å². The van der Waals surface area contributed by atoms with Crippen LogP contribution in [-0.4, -0.2) is 19.3 Å². The van der Waals surface area contributed by atoms with Crippen molar-refractivity contribution in [1.82, 2.24) is 0 Å². The number of methoxy groups -OCH3 is 1. The molecule has 2 aromatic carbocycles. The van der Waals surface area contributed by atoms with E-state index in [0.29, 0.717) is 11.3 Å². The summed E-state index contributed by atoms with van der Waals surface area (Å²) in [4.78, 5) is 12.4. The molecule has 0 aliphatic rings. The molecule has 0 heterocycles. The third kappa shape index (κ3) is 3.98. The number of thioether (sulfide) groups is 1. The van der Waals surface area contributed by atoms with Crippen LogP contribution in [0.4, 0.5) is 4.39 Å². The molecule has 0 radical (unpaired) electrons. The molecule has 0 unspecified atom stereocenters. The Hall–Kier alpha value is -2.01. The molecule has 0 aliphatic heterocycles. The van der Waals surface area contributed by atoms with Crippen molar-refractivity contribution in [2.75, 3.05) is 13.4 Å². The van der Waals surface area contributed by atoms with Crippen LogP contribution in [0.1, 0.15) is 15.9 Å². The number of hydrogen-bond donors (Lipinski definition) is 0. The highest BCUT2D eigenvalue weighted by molar-refractivity contribution is 7.98. The number of rotatable bonds is 5. The normalized spacial score (nSPS) is 10.2. The quantitative estimate of drug-likeness (QED) is 0.620. The number of carbonyl (C=O) groups excluding carboxylic acids is 1. The molecule has 0 saturated heterocycles. The number of hydrogen-bond acceptors (Lipinski definition) is 4. The molecule has 0 atom stereocenters. The standard InChI is InChI=1S/C16H15FO3S/c1-19-16(18)14-8-3-11(9-15(14)17)10-20-12-4-6-13(21-2)7-5-12/h3-9H,10H2,1-2H3. The summed E-state index contributed by atoms with van der Waals surface area (Å²) < 4.78 is 23.8. The van der Waals surface area contributed by atoms with Gasteiger partial charge in [0.2, 0.25) is 0 Å². The van der Waals surface area contributed by atoms with Crippen LogP contribution in [0.5, 0.6) is 5.75 Å². The lowest BCUT2D eigenvalue weighted by molar-refractivity contribution is 0.0595. The molecule has 0 spiro atoms. The second-order valence-corrected chi connectivity index (χ2v) is 5.15. The van der Waals surface area contributed by atoms with Gasteiger partial charge in [-0.3, -0.25) is 0 Å². The van der Waals surface area contributed by atoms with Crippen LogP contribution in [-0.2, 0) is 11.3 Å². The minimum atomic E-state index is -0.687. The summed E-state index contributed by atoms with van der Waals surface area (Å²) in [7, 11) is 1.22. The lowest BCUT2D eigenvalue weighted by atomic mass is 10.1. The SMILES string of the molecule is COC(=O)c1ccc(COc2ccc(SC)cc2)cc1F. The van der Waals surface area contributed by atoms with Gasteiger partial charge in [0.15, 0.2) is 0 Å². The summed E-state index contributed by atoms with van der Waals surface area (Å²) in [5, 5.41) is 0. The van der Waals surface area contributed by atoms with Crippen molar-refractivity contribution in [2.24, 2.45) is 0 Å². The van der Waals surface area contributed by atoms with E-state index in [2.05, 4.69) is 4.74 Å². The summed E-state index contributed by atoms with van der Waals surface area (Å²) in [6.45, 7) is 0.233. The molecule has 2 aromatic rings. The Labute approximate surface area is 127 Å². The zero-order valence-corrected chi connectivity index (χ0v) is 12.6. The van der Waals surface area contributed by atoms with Gasteiger partial charge in [0.1, 0.15) is 18.2 Å². The average Bonchev–Trinajstić information content (AvgIpc) is 2.52. The third-order valence-electron chi connectivity index (χ3n) is 2.90. The van der Waals surface area contributed by atoms with E-state index in [1.807, 2.05) is 30.5 Å². The molecule has 0 fully saturated rings. The number of esters is 1. The molecule has 0 amide bonds. The van der Waals surface area contributed by atoms with Crippen LogP contribution in [0, 0.1) is 5.82 Å². The summed E-state index contributed by atoms with van der Waals surface area (Å²) in [5.41, 5.74) is 0.569. The van der Waals surface area contributed by atoms with E-state index in [1.165, 1.54) is 19.2 Å². The van der Waals surface area contributed by atoms with Gasteiger partial charge in [-0.2, -0.15) is 0 Å². The molecule has 0 saturated carbocycles. The van der Waals surface area contributed by atoms with Crippen molar-refractivity contribution >= 4 is 17.7 Å². The predicted octanol–water partition coefficient (Wildman–Crippen LogP) is 3.91. The van der Waals surface area contributed by atoms with Crippen LogP contribution >= 0.6 is 11.8 Å². The Bertz CT molecular complexity index is 626. The Morgan fingerprint density at radius 1 is 1.19 bits per heavy atom. The fourth-order valence-corrected chi connectivity index (χ4v) is 2.17. The average molecular weight is 306 g/mol. The lowest BCUT2D eigenvalue weighted by Crippen LogP contribution is -2.05. The van der Waals surface area contributed by atoms with Gasteiger partial charge >= 0.3 is 5.97 Å². The van der Waals surface area contributed by atoms with Crippen molar-refractivity contribution in [3.05, 3.63) is 59.4 Å². The molecule has 0 aliphatic carbocycles. The van der Waals surface area contributed by atoms with Gasteiger partial charge in [0.25, 0.3) is 0 Å². The Morgan fingerprint density at radius 2 is 1.90 bits per heavy atom. The Morgan fingerprint density at radius 3 is 2.48 bits per heavy atom. The van der Waals surface area contributed by atoms with Crippen molar-refractivity contribution in [3.8, 4) is 5.75 Å². The largest absolute Gasteiger partial charge is 0.489 e. The molecule has 0 bridgehead atoms. The highest BCUT2D eigenvalue weighted by atomic mass is 32.2. The van der Waals surface area contributed by atoms with Crippen LogP contribution in [0.3, 0.4) is 0 Å². The van der Waals surface area contributed by atoms with Crippen molar-refractivity contribution < 1.29 is 18.7 Å². The molecule has 21 heavy (non-hydrogen) atoms. The zero-order valence-electron chi connectivity index (χ0n) is 11.8. The van der Waals surface area contributed by atoms with E-state index in [0.717, 1.165) is 4.90 Å². The van der Waals surface area contributed by atoms with Gasteiger partial charge in [-0.25, -0.2) is 9.18 Å². The monoisotopic (exact) mass is 306 g/mol. The van der Waals surface area contributed by atoms with Gasteiger partial charge in [-0.05, 0) is 48.2 Å². The highest BCUT2D eigenvalue weighted by Crippen LogP contribution is 2.20. The lowest BCUT2D eigenvalue weighted by Gasteiger charge is -2.08. The molecular weight excluding hydrogens is 291 g/mol. The maximum atomic E-state index is 13.8. The Kier molecular flexibility index (Phi) is 5.22. The summed E-state index contributed by atoms with van der Waals surface area (Å²) in [5.74, 6) is -0.585. The second kappa shape index (κ2) is 7.13. The van der Waals surface area contributed by atoms with Gasteiger partial charge < -0.3 is 9.47 Å². The maximum Gasteiger partial charge on any atom is 0.340 e. The first-order valence-corrected chi connectivity index (χ1v) is 7.50. The van der Waals surface area contributed by atoms with E-state index >= 15 is 0 Å². The van der Waals surface area contributed by atoms with Gasteiger partial charge in [-0.15, -0.1) is 11.8 Å². The summed E-state index contributed by atoms with van der Waals surface area (Å²) >= 11 is 1.65. The number of ether oxygens (including phenoxy) is 2. The molecular formula is C16H15FO3S. The van der Waals surface area contributed by atoms with Crippen LogP contribution in [0.2, 0.25) is 0 Å². The summed E-state index contributed by atoms with van der Waals surface area (Å²) in [6, 6.07) is 12.0. The molecule has 0 aromatic heterocycles. The maximum absolute atomic E-state index is 13.8. The molecule has 3 nitrogen and oxygen atoms in total. The van der Waals surface area contributed by atoms with E-state index in [4.69, 9.17) is 4.74 Å². The first kappa shape index (κ1) is 15.4. The second-order valence-electron chi connectivity index (χ2n) is 4.27. The van der Waals surface area contributed by atoms with E-state index in [1.54, 1.807) is 17.8 Å². The zero-order chi connectivity index (χ0) is 15.2. The molecule has 0 N–H and O–H groups in total. The fraction of sp³-hybridized carbons (Fsp3) is 0.188. The van der Waals surface area contributed by atoms with Gasteiger partial charge in [0.05, 0.1) is 12.7 Å². The van der Waals surface area contributed by atoms with Crippen molar-refractivity contribution in [1.29, 1.82) is 0 Å². The third-order valence-corrected chi connectivity index (χ3v) is 3.65.